The summed E-state index contributed by atoms with van der Waals surface area (Å²) in [6, 6.07) is 9.91. The third-order valence-electron chi connectivity index (χ3n) is 4.92. The lowest BCUT2D eigenvalue weighted by Crippen LogP contribution is -2.37. The second-order valence-electron chi connectivity index (χ2n) is 6.81. The van der Waals surface area contributed by atoms with Crippen molar-refractivity contribution >= 4 is 11.9 Å². The van der Waals surface area contributed by atoms with Crippen molar-refractivity contribution in [3.63, 3.8) is 0 Å². The van der Waals surface area contributed by atoms with Crippen LogP contribution in [0.3, 0.4) is 0 Å². The summed E-state index contributed by atoms with van der Waals surface area (Å²) in [5.74, 6) is -0.760. The number of ether oxygens (including phenoxy) is 1. The van der Waals surface area contributed by atoms with Crippen LogP contribution in [0.4, 0.5) is 0 Å². The molecular formula is C20H21N5O4. The first kappa shape index (κ1) is 18.9. The van der Waals surface area contributed by atoms with Crippen LogP contribution in [0.25, 0.3) is 0 Å². The van der Waals surface area contributed by atoms with Crippen molar-refractivity contribution in [2.75, 3.05) is 13.2 Å². The molecule has 0 aliphatic carbocycles. The Morgan fingerprint density at radius 3 is 2.66 bits per heavy atom. The molecule has 0 bridgehead atoms. The molecule has 0 fully saturated rings. The summed E-state index contributed by atoms with van der Waals surface area (Å²) in [6.07, 6.45) is 0.574. The van der Waals surface area contributed by atoms with Crippen LogP contribution < -0.4 is 0 Å². The van der Waals surface area contributed by atoms with Gasteiger partial charge in [-0.05, 0) is 24.6 Å². The Hall–Kier alpha value is -3.49. The van der Waals surface area contributed by atoms with Crippen molar-refractivity contribution < 1.29 is 19.0 Å². The fourth-order valence-electron chi connectivity index (χ4n) is 3.49. The molecule has 0 atom stereocenters. The maximum Gasteiger partial charge on any atom is 0.359 e. The van der Waals surface area contributed by atoms with E-state index in [2.05, 4.69) is 20.0 Å². The van der Waals surface area contributed by atoms with Gasteiger partial charge in [-0.25, -0.2) is 9.42 Å². The van der Waals surface area contributed by atoms with Crippen LogP contribution >= 0.6 is 0 Å². The smallest absolute Gasteiger partial charge is 0.359 e. The van der Waals surface area contributed by atoms with Gasteiger partial charge in [0.2, 0.25) is 0 Å². The fraction of sp³-hybridized carbons (Fsp3) is 0.350. The van der Waals surface area contributed by atoms with Gasteiger partial charge in [0.05, 0.1) is 19.7 Å². The van der Waals surface area contributed by atoms with Crippen molar-refractivity contribution in [3.8, 4) is 0 Å². The van der Waals surface area contributed by atoms with Gasteiger partial charge >= 0.3 is 5.97 Å². The van der Waals surface area contributed by atoms with Crippen molar-refractivity contribution in [3.05, 3.63) is 64.2 Å². The number of carbonyl (C=O) groups is 2. The highest BCUT2D eigenvalue weighted by molar-refractivity contribution is 5.94. The molecule has 0 unspecified atom stereocenters. The van der Waals surface area contributed by atoms with E-state index < -0.39 is 5.97 Å². The molecule has 0 saturated carbocycles. The molecule has 1 aromatic carbocycles. The molecule has 3 heterocycles. The van der Waals surface area contributed by atoms with Crippen molar-refractivity contribution in [2.24, 2.45) is 0 Å². The molecule has 9 nitrogen and oxygen atoms in total. The second kappa shape index (κ2) is 7.86. The van der Waals surface area contributed by atoms with Gasteiger partial charge < -0.3 is 9.64 Å². The lowest BCUT2D eigenvalue weighted by Gasteiger charge is -2.27. The van der Waals surface area contributed by atoms with E-state index in [0.717, 1.165) is 11.3 Å². The number of hydrogen-bond acceptors (Lipinski definition) is 7. The Balaban J connectivity index is 1.67. The van der Waals surface area contributed by atoms with Gasteiger partial charge in [0, 0.05) is 24.2 Å². The number of fused-ring (bicyclic) bond motifs is 1. The summed E-state index contributed by atoms with van der Waals surface area (Å²) < 4.78 is 11.7. The highest BCUT2D eigenvalue weighted by Crippen LogP contribution is 2.25. The average molecular weight is 395 g/mol. The predicted molar refractivity (Wildman–Crippen MR) is 101 cm³/mol. The molecule has 1 amide bonds. The zero-order valence-electron chi connectivity index (χ0n) is 16.3. The molecular weight excluding hydrogens is 374 g/mol. The SMILES string of the molecule is CCOC(=O)c1nn(Cc2ccccc2)c2c1CN(C(=O)c1nonc1C)CC2. The van der Waals surface area contributed by atoms with E-state index in [0.29, 0.717) is 30.8 Å². The zero-order valence-corrected chi connectivity index (χ0v) is 16.3. The number of rotatable bonds is 5. The van der Waals surface area contributed by atoms with E-state index in [1.165, 1.54) is 0 Å². The Kier molecular flexibility index (Phi) is 5.11. The number of hydrogen-bond donors (Lipinski definition) is 0. The van der Waals surface area contributed by atoms with Gasteiger partial charge in [0.1, 0.15) is 5.69 Å². The minimum Gasteiger partial charge on any atom is -0.461 e. The summed E-state index contributed by atoms with van der Waals surface area (Å²) >= 11 is 0. The third-order valence-corrected chi connectivity index (χ3v) is 4.92. The standard InChI is InChI=1S/C20H21N5O4/c1-3-28-20(27)18-15-12-24(19(26)17-13(2)22-29-23-17)10-9-16(15)25(21-18)11-14-7-5-4-6-8-14/h4-8H,3,9-12H2,1-2H3. The topological polar surface area (TPSA) is 103 Å². The summed E-state index contributed by atoms with van der Waals surface area (Å²) in [7, 11) is 0. The van der Waals surface area contributed by atoms with Gasteiger partial charge in [-0.3, -0.25) is 9.48 Å². The van der Waals surface area contributed by atoms with E-state index >= 15 is 0 Å². The highest BCUT2D eigenvalue weighted by atomic mass is 16.6. The van der Waals surface area contributed by atoms with Crippen molar-refractivity contribution in [1.29, 1.82) is 0 Å². The molecule has 3 aromatic rings. The maximum atomic E-state index is 12.8. The van der Waals surface area contributed by atoms with Crippen LogP contribution in [-0.4, -0.2) is 50.0 Å². The molecule has 0 N–H and O–H groups in total. The van der Waals surface area contributed by atoms with Crippen molar-refractivity contribution in [2.45, 2.75) is 33.4 Å². The van der Waals surface area contributed by atoms with Crippen LogP contribution in [0.5, 0.6) is 0 Å². The van der Waals surface area contributed by atoms with Crippen LogP contribution in [0, 0.1) is 6.92 Å². The number of benzene rings is 1. The van der Waals surface area contributed by atoms with Crippen LogP contribution in [0.15, 0.2) is 35.0 Å². The van der Waals surface area contributed by atoms with E-state index in [4.69, 9.17) is 4.74 Å². The fourth-order valence-corrected chi connectivity index (χ4v) is 3.49. The minimum atomic E-state index is -0.482. The van der Waals surface area contributed by atoms with Gasteiger partial charge in [-0.1, -0.05) is 35.5 Å². The van der Waals surface area contributed by atoms with Gasteiger partial charge in [0.15, 0.2) is 11.4 Å². The molecule has 9 heteroatoms. The van der Waals surface area contributed by atoms with Crippen molar-refractivity contribution in [1.82, 2.24) is 25.0 Å². The van der Waals surface area contributed by atoms with Crippen LogP contribution in [0.1, 0.15) is 50.4 Å². The summed E-state index contributed by atoms with van der Waals surface area (Å²) in [5, 5.41) is 11.9. The summed E-state index contributed by atoms with van der Waals surface area (Å²) in [5.41, 5.74) is 3.61. The first-order valence-electron chi connectivity index (χ1n) is 9.46. The largest absolute Gasteiger partial charge is 0.461 e. The minimum absolute atomic E-state index is 0.183. The summed E-state index contributed by atoms with van der Waals surface area (Å²) in [6.45, 7) is 4.96. The second-order valence-corrected chi connectivity index (χ2v) is 6.81. The number of carbonyl (C=O) groups excluding carboxylic acids is 2. The molecule has 29 heavy (non-hydrogen) atoms. The molecule has 0 spiro atoms. The monoisotopic (exact) mass is 395 g/mol. The molecule has 2 aromatic heterocycles. The molecule has 0 saturated heterocycles. The van der Waals surface area contributed by atoms with Crippen LogP contribution in [0.2, 0.25) is 0 Å². The van der Waals surface area contributed by atoms with Gasteiger partial charge in [0.25, 0.3) is 5.91 Å². The Morgan fingerprint density at radius 1 is 1.17 bits per heavy atom. The number of esters is 1. The number of aromatic nitrogens is 4. The number of amides is 1. The molecule has 4 rings (SSSR count). The molecule has 150 valence electrons. The normalized spacial score (nSPS) is 13.2. The maximum absolute atomic E-state index is 12.8. The quantitative estimate of drug-likeness (QED) is 0.609. The van der Waals surface area contributed by atoms with E-state index in [-0.39, 0.29) is 30.4 Å². The van der Waals surface area contributed by atoms with E-state index in [1.54, 1.807) is 18.7 Å². The Morgan fingerprint density at radius 2 is 1.97 bits per heavy atom. The van der Waals surface area contributed by atoms with Gasteiger partial charge in [-0.2, -0.15) is 5.10 Å². The number of aryl methyl sites for hydroxylation is 1. The predicted octanol–water partition coefficient (Wildman–Crippen LogP) is 2.00. The van der Waals surface area contributed by atoms with E-state index in [9.17, 15) is 9.59 Å². The average Bonchev–Trinajstić information content (AvgIpc) is 3.32. The molecule has 0 radical (unpaired) electrons. The summed E-state index contributed by atoms with van der Waals surface area (Å²) in [4.78, 5) is 27.0. The first-order valence-corrected chi connectivity index (χ1v) is 9.46. The third kappa shape index (κ3) is 3.63. The highest BCUT2D eigenvalue weighted by Gasteiger charge is 2.32. The molecule has 1 aliphatic rings. The molecule has 1 aliphatic heterocycles. The first-order chi connectivity index (χ1) is 14.1. The number of nitrogens with zero attached hydrogens (tertiary/aromatic N) is 5. The lowest BCUT2D eigenvalue weighted by molar-refractivity contribution is 0.0512. The zero-order chi connectivity index (χ0) is 20.4. The Bertz CT molecular complexity index is 1040. The Labute approximate surface area is 167 Å². The van der Waals surface area contributed by atoms with E-state index in [1.807, 2.05) is 35.0 Å². The van der Waals surface area contributed by atoms with Gasteiger partial charge in [-0.15, -0.1) is 0 Å². The van der Waals surface area contributed by atoms with Crippen LogP contribution in [-0.2, 0) is 24.2 Å². The lowest BCUT2D eigenvalue weighted by atomic mass is 10.0.